The van der Waals surface area contributed by atoms with Crippen molar-refractivity contribution in [1.29, 1.82) is 0 Å². The maximum atomic E-state index is 13.2. The second kappa shape index (κ2) is 9.61. The minimum Gasteiger partial charge on any atom is -1.00 e. The van der Waals surface area contributed by atoms with Gasteiger partial charge in [-0.15, -0.1) is 11.8 Å². The lowest BCUT2D eigenvalue weighted by atomic mass is 9.86. The summed E-state index contributed by atoms with van der Waals surface area (Å²) in [6.45, 7) is 1.92. The lowest BCUT2D eigenvalue weighted by Gasteiger charge is -2.38. The summed E-state index contributed by atoms with van der Waals surface area (Å²) in [4.78, 5) is 14.2. The molecular formula is C22H28INO3S. The van der Waals surface area contributed by atoms with Crippen LogP contribution in [-0.2, 0) is 15.1 Å². The minimum absolute atomic E-state index is 0. The summed E-state index contributed by atoms with van der Waals surface area (Å²) in [5.41, 5.74) is -0.748. The fourth-order valence-corrected chi connectivity index (χ4v) is 3.92. The number of thioether (sulfide) groups is 1. The van der Waals surface area contributed by atoms with Gasteiger partial charge in [-0.05, 0) is 29.5 Å². The molecule has 1 aliphatic rings. The van der Waals surface area contributed by atoms with Crippen LogP contribution in [0.4, 0.5) is 0 Å². The summed E-state index contributed by atoms with van der Waals surface area (Å²) in [5, 5.41) is 11.5. The van der Waals surface area contributed by atoms with E-state index in [9.17, 15) is 9.90 Å². The highest BCUT2D eigenvalue weighted by Crippen LogP contribution is 2.33. The Kier molecular flexibility index (Phi) is 7.96. The van der Waals surface area contributed by atoms with Crippen LogP contribution in [0, 0.1) is 0 Å². The number of hydrogen-bond donors (Lipinski definition) is 1. The van der Waals surface area contributed by atoms with E-state index in [0.29, 0.717) is 11.1 Å². The van der Waals surface area contributed by atoms with E-state index in [1.807, 2.05) is 36.6 Å². The first kappa shape index (κ1) is 23.2. The molecule has 2 aromatic rings. The highest BCUT2D eigenvalue weighted by molar-refractivity contribution is 7.98. The number of carbonyl (C=O) groups excluding carboxylic acids is 1. The molecule has 2 aromatic carbocycles. The van der Waals surface area contributed by atoms with Gasteiger partial charge in [0.15, 0.2) is 0 Å². The number of benzene rings is 2. The van der Waals surface area contributed by atoms with Gasteiger partial charge in [0.25, 0.3) is 0 Å². The van der Waals surface area contributed by atoms with Crippen molar-refractivity contribution in [3.05, 3.63) is 65.7 Å². The first-order valence-corrected chi connectivity index (χ1v) is 10.5. The largest absolute Gasteiger partial charge is 1.00 e. The number of likely N-dealkylation sites (tertiary alicyclic amines) is 1. The standard InChI is InChI=1S/C22H28NO3S.HI/c1-23(2)15-13-19(14-16-23)26-21(24)22(25,17-7-5-4-6-8-17)18-9-11-20(27-3)12-10-18;/h4-12,19,25H,13-16H2,1-3H3;1H/q+1;/p-1. The van der Waals surface area contributed by atoms with Crippen molar-refractivity contribution >= 4 is 17.7 Å². The zero-order valence-corrected chi connectivity index (χ0v) is 19.6. The molecule has 6 heteroatoms. The topological polar surface area (TPSA) is 46.5 Å². The predicted molar refractivity (Wildman–Crippen MR) is 109 cm³/mol. The van der Waals surface area contributed by atoms with E-state index in [1.165, 1.54) is 0 Å². The Morgan fingerprint density at radius 1 is 1.04 bits per heavy atom. The van der Waals surface area contributed by atoms with Gasteiger partial charge in [-0.1, -0.05) is 42.5 Å². The lowest BCUT2D eigenvalue weighted by Crippen LogP contribution is -3.00. The molecule has 4 nitrogen and oxygen atoms in total. The molecule has 1 N–H and O–H groups in total. The molecular weight excluding hydrogens is 485 g/mol. The molecule has 152 valence electrons. The Labute approximate surface area is 188 Å². The minimum atomic E-state index is -1.81. The highest BCUT2D eigenvalue weighted by atomic mass is 127. The van der Waals surface area contributed by atoms with Gasteiger partial charge in [0.1, 0.15) is 6.10 Å². The van der Waals surface area contributed by atoms with Crippen molar-refractivity contribution in [2.75, 3.05) is 33.4 Å². The summed E-state index contributed by atoms with van der Waals surface area (Å²) < 4.78 is 6.75. The van der Waals surface area contributed by atoms with Gasteiger partial charge in [-0.3, -0.25) is 0 Å². The van der Waals surface area contributed by atoms with E-state index < -0.39 is 11.6 Å². The highest BCUT2D eigenvalue weighted by Gasteiger charge is 2.43. The van der Waals surface area contributed by atoms with Gasteiger partial charge in [-0.2, -0.15) is 0 Å². The molecule has 1 fully saturated rings. The summed E-state index contributed by atoms with van der Waals surface area (Å²) in [6.07, 6.45) is 3.48. The van der Waals surface area contributed by atoms with E-state index in [2.05, 4.69) is 14.1 Å². The van der Waals surface area contributed by atoms with Crippen LogP contribution in [0.5, 0.6) is 0 Å². The number of ether oxygens (including phenoxy) is 1. The average Bonchev–Trinajstić information content (AvgIpc) is 2.69. The maximum absolute atomic E-state index is 13.2. The number of piperidine rings is 1. The third kappa shape index (κ3) is 5.09. The quantitative estimate of drug-likeness (QED) is 0.273. The molecule has 1 heterocycles. The summed E-state index contributed by atoms with van der Waals surface area (Å²) in [7, 11) is 4.37. The van der Waals surface area contributed by atoms with Crippen molar-refractivity contribution in [3.63, 3.8) is 0 Å². The van der Waals surface area contributed by atoms with Crippen molar-refractivity contribution < 1.29 is 43.1 Å². The van der Waals surface area contributed by atoms with Crippen LogP contribution in [0.3, 0.4) is 0 Å². The van der Waals surface area contributed by atoms with E-state index in [1.54, 1.807) is 36.0 Å². The second-order valence-electron chi connectivity index (χ2n) is 7.79. The second-order valence-corrected chi connectivity index (χ2v) is 8.67. The van der Waals surface area contributed by atoms with E-state index in [4.69, 9.17) is 4.74 Å². The number of nitrogens with zero attached hydrogens (tertiary/aromatic N) is 1. The number of aliphatic hydroxyl groups is 1. The molecule has 28 heavy (non-hydrogen) atoms. The number of hydrogen-bond acceptors (Lipinski definition) is 4. The molecule has 3 rings (SSSR count). The predicted octanol–water partition coefficient (Wildman–Crippen LogP) is 0.430. The molecule has 0 radical (unpaired) electrons. The molecule has 0 spiro atoms. The Bertz CT molecular complexity index is 772. The summed E-state index contributed by atoms with van der Waals surface area (Å²) in [5.74, 6) is -0.595. The fourth-order valence-electron chi connectivity index (χ4n) is 3.51. The van der Waals surface area contributed by atoms with Crippen LogP contribution in [0.15, 0.2) is 59.5 Å². The first-order chi connectivity index (χ1) is 12.8. The molecule has 0 amide bonds. The number of rotatable bonds is 5. The summed E-state index contributed by atoms with van der Waals surface area (Å²) in [6, 6.07) is 16.5. The molecule has 1 saturated heterocycles. The molecule has 0 bridgehead atoms. The van der Waals surface area contributed by atoms with E-state index >= 15 is 0 Å². The monoisotopic (exact) mass is 513 g/mol. The average molecular weight is 513 g/mol. The Balaban J connectivity index is 0.00000280. The third-order valence-electron chi connectivity index (χ3n) is 5.38. The van der Waals surface area contributed by atoms with Gasteiger partial charge >= 0.3 is 5.97 Å². The van der Waals surface area contributed by atoms with E-state index in [0.717, 1.165) is 35.3 Å². The van der Waals surface area contributed by atoms with Gasteiger partial charge < -0.3 is 38.3 Å². The van der Waals surface area contributed by atoms with Crippen LogP contribution in [0.1, 0.15) is 24.0 Å². The summed E-state index contributed by atoms with van der Waals surface area (Å²) >= 11 is 1.62. The Morgan fingerprint density at radius 2 is 1.57 bits per heavy atom. The molecule has 1 unspecified atom stereocenters. The zero-order chi connectivity index (χ0) is 19.5. The molecule has 1 aliphatic heterocycles. The molecule has 0 aliphatic carbocycles. The Hall–Kier alpha value is -1.09. The number of esters is 1. The van der Waals surface area contributed by atoms with E-state index in [-0.39, 0.29) is 30.1 Å². The SMILES string of the molecule is CSc1ccc(C(O)(C(=O)OC2CC[N+](C)(C)CC2)c2ccccc2)cc1.[I-]. The zero-order valence-electron chi connectivity index (χ0n) is 16.6. The van der Waals surface area contributed by atoms with Gasteiger partial charge in [0.2, 0.25) is 5.60 Å². The third-order valence-corrected chi connectivity index (χ3v) is 6.12. The number of quaternary nitrogens is 1. The van der Waals surface area contributed by atoms with Gasteiger partial charge in [-0.25, -0.2) is 4.79 Å². The fraction of sp³-hybridized carbons (Fsp3) is 0.409. The molecule has 0 aromatic heterocycles. The van der Waals surface area contributed by atoms with Crippen molar-refractivity contribution in [3.8, 4) is 0 Å². The van der Waals surface area contributed by atoms with Crippen molar-refractivity contribution in [1.82, 2.24) is 0 Å². The van der Waals surface area contributed by atoms with Crippen molar-refractivity contribution in [2.24, 2.45) is 0 Å². The van der Waals surface area contributed by atoms with Crippen LogP contribution >= 0.6 is 11.8 Å². The molecule has 0 saturated carbocycles. The first-order valence-electron chi connectivity index (χ1n) is 9.31. The van der Waals surface area contributed by atoms with Gasteiger partial charge in [0, 0.05) is 17.7 Å². The van der Waals surface area contributed by atoms with Crippen molar-refractivity contribution in [2.45, 2.75) is 29.4 Å². The van der Waals surface area contributed by atoms with Gasteiger partial charge in [0.05, 0.1) is 27.2 Å². The van der Waals surface area contributed by atoms with Crippen LogP contribution in [0.2, 0.25) is 0 Å². The van der Waals surface area contributed by atoms with Crippen LogP contribution in [0.25, 0.3) is 0 Å². The Morgan fingerprint density at radius 3 is 2.11 bits per heavy atom. The van der Waals surface area contributed by atoms with Crippen LogP contribution in [-0.4, -0.2) is 55.1 Å². The number of carbonyl (C=O) groups is 1. The smallest absolute Gasteiger partial charge is 0.347 e. The number of halogens is 1. The normalized spacial score (nSPS) is 18.6. The lowest BCUT2D eigenvalue weighted by molar-refractivity contribution is -0.896. The molecule has 1 atom stereocenters. The maximum Gasteiger partial charge on any atom is 0.347 e. The van der Waals surface area contributed by atoms with Crippen LogP contribution < -0.4 is 24.0 Å².